The molecule has 2 nitrogen and oxygen atoms in total. The molecule has 0 spiro atoms. The molecule has 1 aliphatic heterocycles. The van der Waals surface area contributed by atoms with Gasteiger partial charge in [-0.3, -0.25) is 4.67 Å². The Labute approximate surface area is 59.9 Å². The molecular weight excluding hydrogens is 152 g/mol. The molecule has 4 heteroatoms. The summed E-state index contributed by atoms with van der Waals surface area (Å²) >= 11 is 0. The van der Waals surface area contributed by atoms with Crippen molar-refractivity contribution in [1.29, 1.82) is 0 Å². The number of aliphatic hydroxyl groups is 1. The van der Waals surface area contributed by atoms with Crippen molar-refractivity contribution in [1.82, 2.24) is 4.67 Å². The predicted molar refractivity (Wildman–Crippen MR) is 44.8 cm³/mol. The van der Waals surface area contributed by atoms with Gasteiger partial charge in [0, 0.05) is 13.1 Å². The summed E-state index contributed by atoms with van der Waals surface area (Å²) in [4.78, 5) is 0. The molecule has 1 heterocycles. The van der Waals surface area contributed by atoms with Gasteiger partial charge in [0.1, 0.15) is 0 Å². The summed E-state index contributed by atoms with van der Waals surface area (Å²) in [5, 5.41) is 9.25. The van der Waals surface area contributed by atoms with Crippen molar-refractivity contribution in [2.75, 3.05) is 13.1 Å². The molecule has 0 saturated carbocycles. The highest BCUT2D eigenvalue weighted by Crippen LogP contribution is 2.32. The van der Waals surface area contributed by atoms with Gasteiger partial charge >= 0.3 is 0 Å². The molecule has 0 aromatic rings. The summed E-state index contributed by atoms with van der Waals surface area (Å²) in [6.07, 6.45) is -0.0851. The van der Waals surface area contributed by atoms with Crippen LogP contribution >= 0.6 is 17.3 Å². The summed E-state index contributed by atoms with van der Waals surface area (Å²) in [6.45, 7) is 4.02. The zero-order valence-corrected chi connectivity index (χ0v) is 7.70. The van der Waals surface area contributed by atoms with Crippen LogP contribution in [0.5, 0.6) is 0 Å². The van der Waals surface area contributed by atoms with Gasteiger partial charge in [-0.1, -0.05) is 15.9 Å². The third-order valence-corrected chi connectivity index (χ3v) is 3.58. The zero-order valence-electron chi connectivity index (χ0n) is 5.54. The van der Waals surface area contributed by atoms with Crippen LogP contribution in [0.25, 0.3) is 0 Å². The zero-order chi connectivity index (χ0) is 6.85. The maximum atomic E-state index is 9.25. The maximum absolute atomic E-state index is 9.25. The van der Waals surface area contributed by atoms with Crippen molar-refractivity contribution >= 4 is 17.3 Å². The van der Waals surface area contributed by atoms with E-state index in [2.05, 4.69) is 20.5 Å². The van der Waals surface area contributed by atoms with Crippen LogP contribution in [0, 0.1) is 5.92 Å². The van der Waals surface area contributed by atoms with Gasteiger partial charge in [-0.05, 0) is 14.3 Å². The van der Waals surface area contributed by atoms with E-state index in [4.69, 9.17) is 0 Å². The number of rotatable bonds is 1. The first-order valence-corrected chi connectivity index (χ1v) is 5.89. The molecule has 1 N–H and O–H groups in total. The monoisotopic (exact) mass is 165 g/mol. The van der Waals surface area contributed by atoms with Crippen molar-refractivity contribution < 1.29 is 5.11 Å². The Bertz CT molecular complexity index is 91.0. The van der Waals surface area contributed by atoms with Crippen LogP contribution in [-0.2, 0) is 0 Å². The molecule has 0 amide bonds. The minimum absolute atomic E-state index is 0.0851. The largest absolute Gasteiger partial charge is 0.391 e. The van der Waals surface area contributed by atoms with Crippen LogP contribution in [-0.4, -0.2) is 29.0 Å². The van der Waals surface area contributed by atoms with Crippen LogP contribution in [0.4, 0.5) is 0 Å². The minimum Gasteiger partial charge on any atom is -0.391 e. The minimum atomic E-state index is -0.0851. The first kappa shape index (κ1) is 7.88. The molecule has 54 valence electrons. The quantitative estimate of drug-likeness (QED) is 0.577. The molecule has 0 radical (unpaired) electrons. The van der Waals surface area contributed by atoms with Gasteiger partial charge in [-0.25, -0.2) is 0 Å². The van der Waals surface area contributed by atoms with E-state index in [0.29, 0.717) is 5.92 Å². The van der Waals surface area contributed by atoms with Gasteiger partial charge in [-0.2, -0.15) is 0 Å². The molecule has 2 unspecified atom stereocenters. The topological polar surface area (TPSA) is 23.5 Å². The van der Waals surface area contributed by atoms with Crippen LogP contribution in [0.3, 0.4) is 0 Å². The first-order chi connectivity index (χ1) is 4.24. The van der Waals surface area contributed by atoms with Gasteiger partial charge in [0.15, 0.2) is 0 Å². The highest BCUT2D eigenvalue weighted by Gasteiger charge is 2.26. The van der Waals surface area contributed by atoms with E-state index in [1.54, 1.807) is 0 Å². The van der Waals surface area contributed by atoms with E-state index in [1.807, 2.05) is 0 Å². The number of hydrogen-bond acceptors (Lipinski definition) is 2. The van der Waals surface area contributed by atoms with Crippen LogP contribution < -0.4 is 0 Å². The van der Waals surface area contributed by atoms with Crippen molar-refractivity contribution in [3.05, 3.63) is 0 Å². The lowest BCUT2D eigenvalue weighted by atomic mass is 10.1. The normalized spacial score (nSPS) is 39.0. The van der Waals surface area contributed by atoms with E-state index < -0.39 is 0 Å². The molecule has 9 heavy (non-hydrogen) atoms. The lowest BCUT2D eigenvalue weighted by Gasteiger charge is -2.09. The number of hydrogen-bond donors (Lipinski definition) is 1. The van der Waals surface area contributed by atoms with E-state index in [-0.39, 0.29) is 6.10 Å². The fourth-order valence-corrected chi connectivity index (χ4v) is 2.37. The van der Waals surface area contributed by atoms with Gasteiger partial charge < -0.3 is 5.11 Å². The molecule has 1 rings (SSSR count). The highest BCUT2D eigenvalue weighted by molar-refractivity contribution is 8.01. The fourth-order valence-electron chi connectivity index (χ4n) is 1.05. The number of β-amino-alcohol motifs (C(OH)–C–C–N with tert-alkyl or cyclic N) is 1. The Hall–Kier alpha value is 0.780. The molecule has 1 aliphatic rings. The van der Waals surface area contributed by atoms with E-state index >= 15 is 0 Å². The molecule has 0 bridgehead atoms. The van der Waals surface area contributed by atoms with Gasteiger partial charge in [0.2, 0.25) is 0 Å². The van der Waals surface area contributed by atoms with Crippen molar-refractivity contribution in [2.24, 2.45) is 5.92 Å². The predicted octanol–water partition coefficient (Wildman–Crippen LogP) is 0.683. The van der Waals surface area contributed by atoms with E-state index in [1.165, 1.54) is 0 Å². The molecular formula is C5H13NOP2. The molecule has 1 saturated heterocycles. The SMILES string of the molecule is C[C@@H]1CN(PP)C[C@H]1O. The summed E-state index contributed by atoms with van der Waals surface area (Å²) in [5.41, 5.74) is 0. The van der Waals surface area contributed by atoms with Crippen molar-refractivity contribution in [3.8, 4) is 0 Å². The standard InChI is InChI=1S/C5H13NOP2/c1-4-2-6(9-8)3-5(4)7/h4-5,7,9H,2-3,8H2,1H3/t4-,5-/m1/s1. The van der Waals surface area contributed by atoms with Gasteiger partial charge in [0.25, 0.3) is 0 Å². The lowest BCUT2D eigenvalue weighted by Crippen LogP contribution is -2.14. The summed E-state index contributed by atoms with van der Waals surface area (Å²) < 4.78 is 2.26. The van der Waals surface area contributed by atoms with Crippen LogP contribution in [0.1, 0.15) is 6.92 Å². The maximum Gasteiger partial charge on any atom is 0.0708 e. The average Bonchev–Trinajstić information content (AvgIpc) is 2.13. The Kier molecular flexibility index (Phi) is 2.85. The van der Waals surface area contributed by atoms with Gasteiger partial charge in [-0.15, -0.1) is 0 Å². The second kappa shape index (κ2) is 3.25. The fraction of sp³-hybridized carbons (Fsp3) is 1.00. The third-order valence-electron chi connectivity index (χ3n) is 1.76. The van der Waals surface area contributed by atoms with Crippen molar-refractivity contribution in [2.45, 2.75) is 13.0 Å². The third kappa shape index (κ3) is 1.85. The summed E-state index contributed by atoms with van der Waals surface area (Å²) in [5.74, 6) is 0.470. The molecule has 0 aromatic heterocycles. The summed E-state index contributed by atoms with van der Waals surface area (Å²) in [6, 6.07) is 0. The highest BCUT2D eigenvalue weighted by atomic mass is 32.0. The Morgan fingerprint density at radius 2 is 2.33 bits per heavy atom. The number of nitrogens with zero attached hydrogens (tertiary/aromatic N) is 1. The van der Waals surface area contributed by atoms with Gasteiger partial charge in [0.05, 0.1) is 6.10 Å². The molecule has 0 aromatic carbocycles. The Balaban J connectivity index is 2.35. The molecule has 1 fully saturated rings. The molecule has 0 aliphatic carbocycles. The second-order valence-electron chi connectivity index (χ2n) is 2.58. The second-order valence-corrected chi connectivity index (χ2v) is 4.24. The smallest absolute Gasteiger partial charge is 0.0708 e. The Morgan fingerprint density at radius 3 is 2.56 bits per heavy atom. The van der Waals surface area contributed by atoms with E-state index in [9.17, 15) is 5.11 Å². The van der Waals surface area contributed by atoms with E-state index in [0.717, 1.165) is 21.5 Å². The van der Waals surface area contributed by atoms with Crippen LogP contribution in [0.2, 0.25) is 0 Å². The van der Waals surface area contributed by atoms with Crippen molar-refractivity contribution in [3.63, 3.8) is 0 Å². The summed E-state index contributed by atoms with van der Waals surface area (Å²) in [7, 11) is 3.47. The first-order valence-electron chi connectivity index (χ1n) is 3.13. The van der Waals surface area contributed by atoms with Crippen LogP contribution in [0.15, 0.2) is 0 Å². The number of aliphatic hydroxyl groups excluding tert-OH is 1. The average molecular weight is 165 g/mol. The lowest BCUT2D eigenvalue weighted by molar-refractivity contribution is 0.154. The Morgan fingerprint density at radius 1 is 1.67 bits per heavy atom. The molecule has 4 atom stereocenters.